The molecule has 0 saturated heterocycles. The molecule has 1 rings (SSSR count). The second-order valence-electron chi connectivity index (χ2n) is 3.65. The molecule has 1 aromatic carbocycles. The number of rotatable bonds is 4. The van der Waals surface area contributed by atoms with Crippen molar-refractivity contribution >= 4 is 5.91 Å². The molecule has 0 unspecified atom stereocenters. The van der Waals surface area contributed by atoms with Crippen molar-refractivity contribution in [1.29, 1.82) is 0 Å². The normalized spacial score (nSPS) is 10.2. The summed E-state index contributed by atoms with van der Waals surface area (Å²) >= 11 is 0. The molecule has 0 atom stereocenters. The maximum absolute atomic E-state index is 11.3. The van der Waals surface area contributed by atoms with Gasteiger partial charge >= 0.3 is 0 Å². The van der Waals surface area contributed by atoms with Gasteiger partial charge in [-0.1, -0.05) is 44.2 Å². The van der Waals surface area contributed by atoms with Gasteiger partial charge in [-0.3, -0.25) is 4.79 Å². The van der Waals surface area contributed by atoms with Gasteiger partial charge in [-0.25, -0.2) is 0 Å². The van der Waals surface area contributed by atoms with Crippen molar-refractivity contribution in [3.05, 3.63) is 41.8 Å². The zero-order valence-electron chi connectivity index (χ0n) is 8.71. The Kier molecular flexibility index (Phi) is 4.17. The van der Waals surface area contributed by atoms with Crippen LogP contribution < -0.4 is 5.32 Å². The lowest BCUT2D eigenvalue weighted by atomic mass is 10.1. The molecule has 1 aromatic rings. The highest BCUT2D eigenvalue weighted by atomic mass is 16.1. The molecule has 14 heavy (non-hydrogen) atoms. The molecule has 0 fully saturated rings. The quantitative estimate of drug-likeness (QED) is 0.775. The molecule has 0 bridgehead atoms. The molecule has 0 spiro atoms. The Bertz CT molecular complexity index is 280. The summed E-state index contributed by atoms with van der Waals surface area (Å²) in [5.41, 5.74) is 1.13. The van der Waals surface area contributed by atoms with E-state index in [1.165, 1.54) is 0 Å². The number of hydrogen-bond donors (Lipinski definition) is 1. The fourth-order valence-corrected chi connectivity index (χ4v) is 1.18. The first-order chi connectivity index (χ1) is 6.68. The Labute approximate surface area is 85.3 Å². The summed E-state index contributed by atoms with van der Waals surface area (Å²) < 4.78 is 0. The third-order valence-corrected chi connectivity index (χ3v) is 1.85. The largest absolute Gasteiger partial charge is 0.352 e. The van der Waals surface area contributed by atoms with E-state index in [1.807, 2.05) is 44.2 Å². The number of amides is 1. The molecule has 0 heterocycles. The fraction of sp³-hybridized carbons (Fsp3) is 0.333. The van der Waals surface area contributed by atoms with Crippen LogP contribution in [0.5, 0.6) is 0 Å². The number of hydrogen-bond acceptors (Lipinski definition) is 1. The topological polar surface area (TPSA) is 29.1 Å². The van der Waals surface area contributed by atoms with Crippen LogP contribution in [0, 0.1) is 5.92 Å². The zero-order valence-corrected chi connectivity index (χ0v) is 8.71. The van der Waals surface area contributed by atoms with Gasteiger partial charge in [0.05, 0.1) is 0 Å². The van der Waals surface area contributed by atoms with Gasteiger partial charge in [-0.15, -0.1) is 0 Å². The molecule has 0 aliphatic rings. The summed E-state index contributed by atoms with van der Waals surface area (Å²) in [6, 6.07) is 9.91. The zero-order chi connectivity index (χ0) is 10.4. The van der Waals surface area contributed by atoms with Gasteiger partial charge in [-0.05, 0) is 11.5 Å². The molecule has 2 nitrogen and oxygen atoms in total. The van der Waals surface area contributed by atoms with Crippen LogP contribution in [0.15, 0.2) is 30.3 Å². The van der Waals surface area contributed by atoms with Crippen LogP contribution in [0.1, 0.15) is 25.8 Å². The highest BCUT2D eigenvalue weighted by molar-refractivity contribution is 5.77. The van der Waals surface area contributed by atoms with Gasteiger partial charge < -0.3 is 5.32 Å². The van der Waals surface area contributed by atoms with Crippen molar-refractivity contribution in [1.82, 2.24) is 5.32 Å². The van der Waals surface area contributed by atoms with Crippen LogP contribution in [0.2, 0.25) is 0 Å². The minimum absolute atomic E-state index is 0.0915. The summed E-state index contributed by atoms with van der Waals surface area (Å²) in [5.74, 6) is 1.23. The van der Waals surface area contributed by atoms with E-state index in [9.17, 15) is 4.79 Å². The van der Waals surface area contributed by atoms with E-state index in [0.717, 1.165) is 11.5 Å². The molecule has 0 saturated carbocycles. The maximum atomic E-state index is 11.3. The lowest BCUT2D eigenvalue weighted by molar-refractivity contribution is -0.120. The van der Waals surface area contributed by atoms with Crippen LogP contribution in [0.3, 0.4) is 0 Å². The van der Waals surface area contributed by atoms with Crippen molar-refractivity contribution in [3.8, 4) is 0 Å². The Morgan fingerprint density at radius 3 is 2.43 bits per heavy atom. The van der Waals surface area contributed by atoms with Crippen molar-refractivity contribution in [2.75, 3.05) is 0 Å². The SMILES string of the molecule is C[C](C)CC(=O)NCc1ccccc1. The van der Waals surface area contributed by atoms with Gasteiger partial charge in [0.25, 0.3) is 0 Å². The highest BCUT2D eigenvalue weighted by Crippen LogP contribution is 2.02. The second-order valence-corrected chi connectivity index (χ2v) is 3.65. The molecule has 1 amide bonds. The van der Waals surface area contributed by atoms with Crippen LogP contribution in [-0.2, 0) is 11.3 Å². The molecular formula is C12H16NO. The first-order valence-electron chi connectivity index (χ1n) is 4.78. The van der Waals surface area contributed by atoms with Crippen LogP contribution >= 0.6 is 0 Å². The summed E-state index contributed by atoms with van der Waals surface area (Å²) in [4.78, 5) is 11.3. The lowest BCUT2D eigenvalue weighted by Gasteiger charge is -2.06. The monoisotopic (exact) mass is 190 g/mol. The summed E-state index contributed by atoms with van der Waals surface area (Å²) in [6.45, 7) is 4.54. The molecule has 2 heteroatoms. The van der Waals surface area contributed by atoms with Crippen LogP contribution in [0.4, 0.5) is 0 Å². The molecule has 0 aromatic heterocycles. The average Bonchev–Trinajstić information content (AvgIpc) is 2.15. The first kappa shape index (κ1) is 10.8. The summed E-state index contributed by atoms with van der Waals surface area (Å²) in [7, 11) is 0. The smallest absolute Gasteiger partial charge is 0.220 e. The van der Waals surface area contributed by atoms with Gasteiger partial charge in [0, 0.05) is 13.0 Å². The van der Waals surface area contributed by atoms with Gasteiger partial charge in [0.2, 0.25) is 5.91 Å². The van der Waals surface area contributed by atoms with E-state index in [0.29, 0.717) is 13.0 Å². The van der Waals surface area contributed by atoms with Gasteiger partial charge in [0.1, 0.15) is 0 Å². The van der Waals surface area contributed by atoms with E-state index >= 15 is 0 Å². The number of carbonyl (C=O) groups excluding carboxylic acids is 1. The molecule has 0 aliphatic carbocycles. The molecule has 0 aliphatic heterocycles. The first-order valence-corrected chi connectivity index (χ1v) is 4.78. The Hall–Kier alpha value is -1.31. The van der Waals surface area contributed by atoms with Crippen molar-refractivity contribution in [2.24, 2.45) is 0 Å². The molecule has 1 radical (unpaired) electrons. The van der Waals surface area contributed by atoms with Crippen molar-refractivity contribution in [3.63, 3.8) is 0 Å². The molecular weight excluding hydrogens is 174 g/mol. The van der Waals surface area contributed by atoms with Gasteiger partial charge in [0.15, 0.2) is 0 Å². The average molecular weight is 190 g/mol. The summed E-state index contributed by atoms with van der Waals surface area (Å²) in [5, 5.41) is 2.87. The van der Waals surface area contributed by atoms with E-state index in [1.54, 1.807) is 0 Å². The standard InChI is InChI=1S/C12H16NO/c1-10(2)8-12(14)13-9-11-6-4-3-5-7-11/h3-7H,8-9H2,1-2H3,(H,13,14). The number of carbonyl (C=O) groups is 1. The van der Waals surface area contributed by atoms with Crippen LogP contribution in [0.25, 0.3) is 0 Å². The Morgan fingerprint density at radius 1 is 1.21 bits per heavy atom. The fourth-order valence-electron chi connectivity index (χ4n) is 1.18. The predicted molar refractivity (Wildman–Crippen MR) is 57.5 cm³/mol. The highest BCUT2D eigenvalue weighted by Gasteiger charge is 2.03. The van der Waals surface area contributed by atoms with E-state index < -0.39 is 0 Å². The van der Waals surface area contributed by atoms with Crippen molar-refractivity contribution in [2.45, 2.75) is 26.8 Å². The molecule has 75 valence electrons. The maximum Gasteiger partial charge on any atom is 0.220 e. The lowest BCUT2D eigenvalue weighted by Crippen LogP contribution is -2.23. The molecule has 1 N–H and O–H groups in total. The minimum atomic E-state index is 0.0915. The minimum Gasteiger partial charge on any atom is -0.352 e. The van der Waals surface area contributed by atoms with Crippen LogP contribution in [-0.4, -0.2) is 5.91 Å². The Balaban J connectivity index is 2.31. The predicted octanol–water partition coefficient (Wildman–Crippen LogP) is 2.31. The Morgan fingerprint density at radius 2 is 1.86 bits per heavy atom. The van der Waals surface area contributed by atoms with E-state index in [-0.39, 0.29) is 5.91 Å². The van der Waals surface area contributed by atoms with E-state index in [4.69, 9.17) is 0 Å². The number of nitrogens with one attached hydrogen (secondary N) is 1. The third kappa shape index (κ3) is 4.08. The second kappa shape index (κ2) is 5.43. The number of benzene rings is 1. The van der Waals surface area contributed by atoms with Crippen molar-refractivity contribution < 1.29 is 4.79 Å². The summed E-state index contributed by atoms with van der Waals surface area (Å²) in [6.07, 6.45) is 0.521. The van der Waals surface area contributed by atoms with Gasteiger partial charge in [-0.2, -0.15) is 0 Å². The third-order valence-electron chi connectivity index (χ3n) is 1.85. The van der Waals surface area contributed by atoms with E-state index in [2.05, 4.69) is 5.32 Å².